The van der Waals surface area contributed by atoms with Gasteiger partial charge < -0.3 is 19.5 Å². The van der Waals surface area contributed by atoms with E-state index in [9.17, 15) is 9.59 Å². The molecule has 0 aliphatic carbocycles. The number of hydrogen-bond donors (Lipinski definition) is 1. The molecule has 1 saturated heterocycles. The molecule has 8 heteroatoms. The van der Waals surface area contributed by atoms with Gasteiger partial charge in [-0.3, -0.25) is 9.59 Å². The maximum atomic E-state index is 13.2. The molecule has 176 valence electrons. The summed E-state index contributed by atoms with van der Waals surface area (Å²) < 4.78 is 8.05. The van der Waals surface area contributed by atoms with Crippen LogP contribution in [-0.4, -0.2) is 39.4 Å². The number of benzene rings is 2. The first-order valence-electron chi connectivity index (χ1n) is 11.6. The van der Waals surface area contributed by atoms with Crippen molar-refractivity contribution in [3.8, 4) is 0 Å². The first-order valence-corrected chi connectivity index (χ1v) is 12.0. The summed E-state index contributed by atoms with van der Waals surface area (Å²) in [7, 11) is 0. The van der Waals surface area contributed by atoms with E-state index >= 15 is 0 Å². The molecule has 1 N–H and O–H groups in total. The minimum Gasteiger partial charge on any atom is -0.365 e. The van der Waals surface area contributed by atoms with Gasteiger partial charge in [0.25, 0.3) is 5.91 Å². The van der Waals surface area contributed by atoms with Gasteiger partial charge in [-0.05, 0) is 36.1 Å². The number of fused-ring (bicyclic) bond motifs is 1. The lowest BCUT2D eigenvalue weighted by molar-refractivity contribution is -0.126. The highest BCUT2D eigenvalue weighted by Crippen LogP contribution is 2.29. The van der Waals surface area contributed by atoms with Gasteiger partial charge in [-0.25, -0.2) is 4.98 Å². The molecule has 0 unspecified atom stereocenters. The minimum absolute atomic E-state index is 0.0527. The Balaban J connectivity index is 1.16. The third-order valence-corrected chi connectivity index (χ3v) is 6.89. The molecule has 1 fully saturated rings. The van der Waals surface area contributed by atoms with Crippen LogP contribution in [0.2, 0.25) is 5.02 Å². The van der Waals surface area contributed by atoms with E-state index in [1.807, 2.05) is 59.2 Å². The van der Waals surface area contributed by atoms with E-state index in [0.717, 1.165) is 16.8 Å². The Bertz CT molecular complexity index is 1150. The molecule has 2 aromatic carbocycles. The Morgan fingerprint density at radius 3 is 2.53 bits per heavy atom. The number of nitrogens with one attached hydrogen (secondary N) is 1. The van der Waals surface area contributed by atoms with Crippen LogP contribution >= 0.6 is 11.6 Å². The summed E-state index contributed by atoms with van der Waals surface area (Å²) in [4.78, 5) is 32.0. The topological polar surface area (TPSA) is 76.5 Å². The fraction of sp³-hybridized carbons (Fsp3) is 0.346. The number of nitrogens with zero attached hydrogens (tertiary/aromatic N) is 3. The fourth-order valence-corrected chi connectivity index (χ4v) is 4.73. The normalized spacial score (nSPS) is 18.4. The highest BCUT2D eigenvalue weighted by atomic mass is 35.5. The van der Waals surface area contributed by atoms with Crippen LogP contribution in [0.15, 0.2) is 60.9 Å². The van der Waals surface area contributed by atoms with Crippen molar-refractivity contribution in [1.82, 2.24) is 19.8 Å². The molecule has 1 atom stereocenters. The molecule has 7 nitrogen and oxygen atoms in total. The Kier molecular flexibility index (Phi) is 6.65. The van der Waals surface area contributed by atoms with Crippen molar-refractivity contribution in [1.29, 1.82) is 0 Å². The Morgan fingerprint density at radius 1 is 1.06 bits per heavy atom. The first-order chi connectivity index (χ1) is 16.6. The number of rotatable bonds is 5. The highest BCUT2D eigenvalue weighted by Gasteiger charge is 2.32. The van der Waals surface area contributed by atoms with Gasteiger partial charge in [0, 0.05) is 30.6 Å². The zero-order chi connectivity index (χ0) is 23.5. The van der Waals surface area contributed by atoms with Crippen molar-refractivity contribution in [2.75, 3.05) is 13.1 Å². The average Bonchev–Trinajstić information content (AvgIpc) is 3.31. The third kappa shape index (κ3) is 4.86. The van der Waals surface area contributed by atoms with Crippen LogP contribution < -0.4 is 5.32 Å². The van der Waals surface area contributed by atoms with E-state index in [4.69, 9.17) is 16.3 Å². The lowest BCUT2D eigenvalue weighted by atomic mass is 9.95. The number of halogens is 1. The maximum Gasteiger partial charge on any atom is 0.274 e. The molecule has 3 heterocycles. The molecule has 34 heavy (non-hydrogen) atoms. The van der Waals surface area contributed by atoms with Gasteiger partial charge in [0.15, 0.2) is 5.69 Å². The van der Waals surface area contributed by atoms with Crippen LogP contribution in [0.25, 0.3) is 0 Å². The van der Waals surface area contributed by atoms with E-state index < -0.39 is 0 Å². The van der Waals surface area contributed by atoms with Crippen molar-refractivity contribution in [3.05, 3.63) is 88.5 Å². The Hall–Kier alpha value is -3.16. The second-order valence-corrected chi connectivity index (χ2v) is 9.25. The van der Waals surface area contributed by atoms with Gasteiger partial charge in [0.2, 0.25) is 5.91 Å². The third-order valence-electron chi connectivity index (χ3n) is 6.64. The molecule has 2 amide bonds. The molecular weight excluding hydrogens is 452 g/mol. The molecule has 0 spiro atoms. The lowest BCUT2D eigenvalue weighted by Crippen LogP contribution is -2.43. The van der Waals surface area contributed by atoms with Crippen LogP contribution in [-0.2, 0) is 29.2 Å². The summed E-state index contributed by atoms with van der Waals surface area (Å²) in [5.74, 6) is -0.116. The molecule has 0 saturated carbocycles. The van der Waals surface area contributed by atoms with Crippen molar-refractivity contribution < 1.29 is 14.3 Å². The summed E-state index contributed by atoms with van der Waals surface area (Å²) in [5, 5.41) is 3.71. The van der Waals surface area contributed by atoms with Crippen LogP contribution in [0.5, 0.6) is 0 Å². The largest absolute Gasteiger partial charge is 0.365 e. The zero-order valence-electron chi connectivity index (χ0n) is 18.8. The van der Waals surface area contributed by atoms with E-state index in [0.29, 0.717) is 56.3 Å². The number of likely N-dealkylation sites (tertiary alicyclic amines) is 1. The second-order valence-electron chi connectivity index (χ2n) is 8.81. The molecule has 3 aromatic rings. The molecule has 2 aliphatic heterocycles. The quantitative estimate of drug-likeness (QED) is 0.602. The molecule has 2 aliphatic rings. The van der Waals surface area contributed by atoms with Crippen molar-refractivity contribution in [2.24, 2.45) is 5.92 Å². The van der Waals surface area contributed by atoms with Gasteiger partial charge in [0.05, 0.1) is 25.2 Å². The minimum atomic E-state index is -0.105. The molecule has 1 aromatic heterocycles. The summed E-state index contributed by atoms with van der Waals surface area (Å²) in [6.45, 7) is 2.54. The summed E-state index contributed by atoms with van der Waals surface area (Å²) in [5.41, 5.74) is 3.37. The smallest absolute Gasteiger partial charge is 0.274 e. The van der Waals surface area contributed by atoms with E-state index in [-0.39, 0.29) is 23.8 Å². The maximum absolute atomic E-state index is 13.2. The summed E-state index contributed by atoms with van der Waals surface area (Å²) in [6.07, 6.45) is 2.92. The number of carbonyl (C=O) groups excluding carboxylic acids is 2. The Labute approximate surface area is 203 Å². The van der Waals surface area contributed by atoms with E-state index in [1.54, 1.807) is 11.2 Å². The molecular formula is C26H27ClN4O3. The van der Waals surface area contributed by atoms with Gasteiger partial charge >= 0.3 is 0 Å². The predicted molar refractivity (Wildman–Crippen MR) is 128 cm³/mol. The zero-order valence-corrected chi connectivity index (χ0v) is 19.6. The Morgan fingerprint density at radius 2 is 1.79 bits per heavy atom. The van der Waals surface area contributed by atoms with Gasteiger partial charge in [0.1, 0.15) is 6.10 Å². The fourth-order valence-electron chi connectivity index (χ4n) is 4.61. The van der Waals surface area contributed by atoms with Crippen LogP contribution in [0.4, 0.5) is 0 Å². The summed E-state index contributed by atoms with van der Waals surface area (Å²) in [6, 6.07) is 17.5. The van der Waals surface area contributed by atoms with Crippen molar-refractivity contribution in [2.45, 2.75) is 38.6 Å². The molecule has 5 rings (SSSR count). The van der Waals surface area contributed by atoms with E-state index in [2.05, 4.69) is 10.3 Å². The first kappa shape index (κ1) is 22.6. The number of hydrogen-bond acceptors (Lipinski definition) is 4. The number of imidazole rings is 1. The second kappa shape index (κ2) is 9.99. The van der Waals surface area contributed by atoms with Crippen molar-refractivity contribution in [3.63, 3.8) is 0 Å². The summed E-state index contributed by atoms with van der Waals surface area (Å²) >= 11 is 5.99. The predicted octanol–water partition coefficient (Wildman–Crippen LogP) is 3.98. The number of amides is 2. The van der Waals surface area contributed by atoms with Gasteiger partial charge in [-0.2, -0.15) is 0 Å². The highest BCUT2D eigenvalue weighted by molar-refractivity contribution is 6.30. The lowest BCUT2D eigenvalue weighted by Gasteiger charge is -2.31. The number of carbonyl (C=O) groups is 2. The molecule has 0 bridgehead atoms. The number of ether oxygens (including phenoxy) is 1. The molecule has 0 radical (unpaired) electrons. The van der Waals surface area contributed by atoms with Gasteiger partial charge in [-0.15, -0.1) is 0 Å². The van der Waals surface area contributed by atoms with Crippen LogP contribution in [0, 0.1) is 5.92 Å². The van der Waals surface area contributed by atoms with E-state index in [1.165, 1.54) is 0 Å². The van der Waals surface area contributed by atoms with Crippen LogP contribution in [0.3, 0.4) is 0 Å². The van der Waals surface area contributed by atoms with Crippen molar-refractivity contribution >= 4 is 23.4 Å². The monoisotopic (exact) mass is 478 g/mol. The SMILES string of the molecule is O=C(NCc1ccccc1)C1CCN(C(=O)c2ncn3c2CO[C@@H](c2ccc(Cl)cc2)C3)CC1. The standard InChI is InChI=1S/C26H27ClN4O3/c27-21-8-6-19(7-9-21)23-15-31-17-29-24(22(31)16-34-23)26(33)30-12-10-20(11-13-30)25(32)28-14-18-4-2-1-3-5-18/h1-9,17,20,23H,10-16H2,(H,28,32)/t23-/m1/s1. The van der Waals surface area contributed by atoms with Crippen LogP contribution in [0.1, 0.15) is 46.3 Å². The van der Waals surface area contributed by atoms with Gasteiger partial charge in [-0.1, -0.05) is 54.1 Å². The number of piperidine rings is 1. The number of aromatic nitrogens is 2. The average molecular weight is 479 g/mol.